The van der Waals surface area contributed by atoms with Crippen LogP contribution in [0.15, 0.2) is 72.8 Å². The second-order valence-corrected chi connectivity index (χ2v) is 9.18. The zero-order chi connectivity index (χ0) is 23.5. The number of ketones is 1. The normalized spacial score (nSPS) is 14.0. The number of aromatic hydroxyl groups is 2. The third-order valence-electron chi connectivity index (χ3n) is 6.89. The van der Waals surface area contributed by atoms with Crippen LogP contribution < -0.4 is 0 Å². The van der Waals surface area contributed by atoms with Gasteiger partial charge in [0.25, 0.3) is 0 Å². The van der Waals surface area contributed by atoms with Gasteiger partial charge in [-0.25, -0.2) is 0 Å². The molecule has 1 aliphatic carbocycles. The first-order valence-electron chi connectivity index (χ1n) is 11.1. The lowest BCUT2D eigenvalue weighted by molar-refractivity contribution is 0.0933. The molecule has 5 rings (SSSR count). The quantitative estimate of drug-likeness (QED) is 0.377. The van der Waals surface area contributed by atoms with Crippen molar-refractivity contribution in [1.82, 2.24) is 0 Å². The van der Waals surface area contributed by atoms with E-state index < -0.39 is 5.41 Å². The zero-order valence-electron chi connectivity index (χ0n) is 19.2. The molecule has 2 N–H and O–H groups in total. The molecule has 0 spiro atoms. The summed E-state index contributed by atoms with van der Waals surface area (Å²) < 4.78 is 0. The lowest BCUT2D eigenvalue weighted by atomic mass is 9.59. The monoisotopic (exact) mass is 434 g/mol. The largest absolute Gasteiger partial charge is 0.508 e. The number of benzene rings is 4. The van der Waals surface area contributed by atoms with Gasteiger partial charge in [0, 0.05) is 5.56 Å². The van der Waals surface area contributed by atoms with Gasteiger partial charge in [-0.05, 0) is 84.8 Å². The summed E-state index contributed by atoms with van der Waals surface area (Å²) in [5, 5.41) is 20.5. The van der Waals surface area contributed by atoms with Crippen LogP contribution in [0.1, 0.15) is 49.3 Å². The van der Waals surface area contributed by atoms with Crippen LogP contribution in [0.25, 0.3) is 11.1 Å². The number of hydrogen-bond acceptors (Lipinski definition) is 3. The molecule has 0 fully saturated rings. The molecule has 0 radical (unpaired) electrons. The zero-order valence-corrected chi connectivity index (χ0v) is 19.2. The van der Waals surface area contributed by atoms with Crippen LogP contribution in [0.3, 0.4) is 0 Å². The SMILES string of the molecule is Cc1ccc2c(c1)C(=O)C(c1ccc(O)c(C)c1)(c1ccc(O)c(C)c1)c1cc(C)ccc1-2. The number of fused-ring (bicyclic) bond motifs is 3. The fourth-order valence-electron chi connectivity index (χ4n) is 5.13. The fourth-order valence-corrected chi connectivity index (χ4v) is 5.13. The first-order chi connectivity index (χ1) is 15.7. The predicted molar refractivity (Wildman–Crippen MR) is 131 cm³/mol. The van der Waals surface area contributed by atoms with Crippen molar-refractivity contribution >= 4 is 5.78 Å². The van der Waals surface area contributed by atoms with Crippen LogP contribution in [-0.4, -0.2) is 16.0 Å². The molecule has 3 heteroatoms. The number of phenolic OH excluding ortho intramolecular Hbond substituents is 2. The number of rotatable bonds is 2. The molecule has 0 bridgehead atoms. The van der Waals surface area contributed by atoms with Crippen LogP contribution in [0.5, 0.6) is 11.5 Å². The van der Waals surface area contributed by atoms with E-state index in [1.807, 2.05) is 70.2 Å². The van der Waals surface area contributed by atoms with E-state index in [1.165, 1.54) is 0 Å². The third-order valence-corrected chi connectivity index (χ3v) is 6.89. The van der Waals surface area contributed by atoms with Crippen molar-refractivity contribution in [1.29, 1.82) is 0 Å². The van der Waals surface area contributed by atoms with Gasteiger partial charge in [-0.2, -0.15) is 0 Å². The third kappa shape index (κ3) is 3.00. The number of Topliss-reactive ketones (excluding diaryl/α,β-unsaturated/α-hetero) is 1. The van der Waals surface area contributed by atoms with Crippen molar-refractivity contribution in [3.63, 3.8) is 0 Å². The Balaban J connectivity index is 1.99. The fraction of sp³-hybridized carbons (Fsp3) is 0.167. The Morgan fingerprint density at radius 2 is 1.09 bits per heavy atom. The van der Waals surface area contributed by atoms with Gasteiger partial charge in [0.05, 0.1) is 0 Å². The standard InChI is InChI=1S/C30H26O3/c1-17-5-9-23-24-10-6-18(2)14-26(24)30(29(33)25(23)13-17,21-7-11-27(31)19(3)15-21)22-8-12-28(32)20(4)16-22/h5-16,31-32H,1-4H3. The summed E-state index contributed by atoms with van der Waals surface area (Å²) in [6, 6.07) is 23.1. The number of aryl methyl sites for hydroxylation is 4. The lowest BCUT2D eigenvalue weighted by Gasteiger charge is -2.40. The molecule has 4 aromatic carbocycles. The molecular formula is C30H26O3. The van der Waals surface area contributed by atoms with Crippen molar-refractivity contribution in [3.8, 4) is 22.6 Å². The molecule has 0 unspecified atom stereocenters. The van der Waals surface area contributed by atoms with Crippen molar-refractivity contribution in [2.24, 2.45) is 0 Å². The average molecular weight is 435 g/mol. The van der Waals surface area contributed by atoms with E-state index in [4.69, 9.17) is 0 Å². The summed E-state index contributed by atoms with van der Waals surface area (Å²) in [5.41, 5.74) is 7.54. The van der Waals surface area contributed by atoms with Crippen molar-refractivity contribution in [2.75, 3.05) is 0 Å². The van der Waals surface area contributed by atoms with E-state index in [0.29, 0.717) is 16.7 Å². The van der Waals surface area contributed by atoms with Crippen LogP contribution >= 0.6 is 0 Å². The molecule has 3 nitrogen and oxygen atoms in total. The Kier molecular flexibility index (Phi) is 4.68. The van der Waals surface area contributed by atoms with Crippen LogP contribution in [-0.2, 0) is 5.41 Å². The maximum atomic E-state index is 14.6. The second-order valence-electron chi connectivity index (χ2n) is 9.18. The molecule has 0 atom stereocenters. The Morgan fingerprint density at radius 3 is 1.64 bits per heavy atom. The topological polar surface area (TPSA) is 57.5 Å². The van der Waals surface area contributed by atoms with Gasteiger partial charge in [0.2, 0.25) is 0 Å². The molecule has 4 aromatic rings. The Morgan fingerprint density at radius 1 is 0.576 bits per heavy atom. The molecule has 33 heavy (non-hydrogen) atoms. The van der Waals surface area contributed by atoms with Crippen molar-refractivity contribution in [2.45, 2.75) is 33.1 Å². The molecular weight excluding hydrogens is 408 g/mol. The summed E-state index contributed by atoms with van der Waals surface area (Å²) in [6.07, 6.45) is 0. The van der Waals surface area contributed by atoms with Crippen molar-refractivity contribution in [3.05, 3.63) is 117 Å². The van der Waals surface area contributed by atoms with E-state index in [-0.39, 0.29) is 17.3 Å². The number of phenols is 2. The lowest BCUT2D eigenvalue weighted by Crippen LogP contribution is -2.42. The van der Waals surface area contributed by atoms with Gasteiger partial charge in [-0.1, -0.05) is 65.7 Å². The number of carbonyl (C=O) groups is 1. The summed E-state index contributed by atoms with van der Waals surface area (Å²) in [5.74, 6) is 0.383. The summed E-state index contributed by atoms with van der Waals surface area (Å²) in [6.45, 7) is 7.72. The van der Waals surface area contributed by atoms with Gasteiger partial charge in [0.1, 0.15) is 16.9 Å². The highest BCUT2D eigenvalue weighted by Crippen LogP contribution is 2.52. The van der Waals surface area contributed by atoms with Gasteiger partial charge in [-0.3, -0.25) is 4.79 Å². The first kappa shape index (κ1) is 21.0. The van der Waals surface area contributed by atoms with E-state index in [9.17, 15) is 15.0 Å². The highest BCUT2D eigenvalue weighted by Gasteiger charge is 2.49. The maximum absolute atomic E-state index is 14.6. The maximum Gasteiger partial charge on any atom is 0.182 e. The van der Waals surface area contributed by atoms with Crippen molar-refractivity contribution < 1.29 is 15.0 Å². The first-order valence-corrected chi connectivity index (χ1v) is 11.1. The van der Waals surface area contributed by atoms with Gasteiger partial charge in [0.15, 0.2) is 5.78 Å². The Labute approximate surface area is 194 Å². The van der Waals surface area contributed by atoms with E-state index in [0.717, 1.165) is 38.9 Å². The highest BCUT2D eigenvalue weighted by molar-refractivity contribution is 6.17. The molecule has 1 aliphatic rings. The minimum absolute atomic E-state index is 0.00511. The molecule has 0 saturated carbocycles. The van der Waals surface area contributed by atoms with Gasteiger partial charge < -0.3 is 10.2 Å². The predicted octanol–water partition coefficient (Wildman–Crippen LogP) is 6.53. The minimum atomic E-state index is -1.11. The van der Waals surface area contributed by atoms with Crippen LogP contribution in [0.2, 0.25) is 0 Å². The molecule has 164 valence electrons. The Hall–Kier alpha value is -3.85. The molecule has 0 heterocycles. The van der Waals surface area contributed by atoms with Crippen LogP contribution in [0, 0.1) is 27.7 Å². The van der Waals surface area contributed by atoms with E-state index >= 15 is 0 Å². The second kappa shape index (κ2) is 7.35. The molecule has 0 amide bonds. The summed E-state index contributed by atoms with van der Waals surface area (Å²) in [4.78, 5) is 14.6. The highest BCUT2D eigenvalue weighted by atomic mass is 16.3. The summed E-state index contributed by atoms with van der Waals surface area (Å²) in [7, 11) is 0. The van der Waals surface area contributed by atoms with Crippen LogP contribution in [0.4, 0.5) is 0 Å². The molecule has 0 aliphatic heterocycles. The van der Waals surface area contributed by atoms with Gasteiger partial charge >= 0.3 is 0 Å². The number of carbonyl (C=O) groups excluding carboxylic acids is 1. The number of hydrogen-bond donors (Lipinski definition) is 2. The smallest absolute Gasteiger partial charge is 0.182 e. The van der Waals surface area contributed by atoms with Gasteiger partial charge in [-0.15, -0.1) is 0 Å². The minimum Gasteiger partial charge on any atom is -0.508 e. The summed E-state index contributed by atoms with van der Waals surface area (Å²) >= 11 is 0. The van der Waals surface area contributed by atoms with E-state index in [1.54, 1.807) is 12.1 Å². The molecule has 0 aromatic heterocycles. The van der Waals surface area contributed by atoms with E-state index in [2.05, 4.69) is 18.2 Å². The Bertz CT molecular complexity index is 1390. The molecule has 0 saturated heterocycles. The average Bonchev–Trinajstić information content (AvgIpc) is 2.78.